The maximum atomic E-state index is 12.1. The molecule has 3 nitrogen and oxygen atoms in total. The zero-order chi connectivity index (χ0) is 9.84. The third kappa shape index (κ3) is 2.87. The molecule has 0 aliphatic carbocycles. The first-order valence-electron chi connectivity index (χ1n) is 4.01. The lowest BCUT2D eigenvalue weighted by molar-refractivity contribution is 0.150. The van der Waals surface area contributed by atoms with Gasteiger partial charge in [0.1, 0.15) is 0 Å². The predicted octanol–water partition coefficient (Wildman–Crippen LogP) is 2.69. The van der Waals surface area contributed by atoms with Crippen molar-refractivity contribution in [2.75, 3.05) is 5.32 Å². The molecule has 0 aromatic carbocycles. The molecule has 0 aliphatic rings. The Bertz CT molecular complexity index is 264. The van der Waals surface area contributed by atoms with E-state index >= 15 is 0 Å². The van der Waals surface area contributed by atoms with Crippen LogP contribution < -0.4 is 5.32 Å². The molecule has 0 spiro atoms. The van der Waals surface area contributed by atoms with Crippen molar-refractivity contribution in [2.45, 2.75) is 32.7 Å². The molecule has 1 aromatic rings. The lowest BCUT2D eigenvalue weighted by Crippen LogP contribution is -2.12. The van der Waals surface area contributed by atoms with Crippen LogP contribution in [0.4, 0.5) is 13.9 Å². The Morgan fingerprint density at radius 3 is 2.62 bits per heavy atom. The number of aromatic nitrogens is 2. The number of alkyl halides is 2. The van der Waals surface area contributed by atoms with Crippen molar-refractivity contribution in [3.8, 4) is 0 Å². The molecule has 74 valence electrons. The number of nitrogens with zero attached hydrogens (tertiary/aromatic N) is 2. The Balaban J connectivity index is 2.58. The van der Waals surface area contributed by atoms with E-state index in [4.69, 9.17) is 0 Å². The average molecular weight is 207 g/mol. The second-order valence-electron chi connectivity index (χ2n) is 2.70. The molecule has 0 amide bonds. The summed E-state index contributed by atoms with van der Waals surface area (Å²) < 4.78 is 24.2. The number of rotatable bonds is 4. The molecule has 1 aromatic heterocycles. The summed E-state index contributed by atoms with van der Waals surface area (Å²) in [5.74, 6) is 0. The van der Waals surface area contributed by atoms with Gasteiger partial charge in [0.15, 0.2) is 5.01 Å². The van der Waals surface area contributed by atoms with E-state index in [1.807, 2.05) is 13.8 Å². The van der Waals surface area contributed by atoms with E-state index < -0.39 is 6.43 Å². The summed E-state index contributed by atoms with van der Waals surface area (Å²) in [6, 6.07) is 0.235. The highest BCUT2D eigenvalue weighted by Gasteiger charge is 2.14. The molecule has 0 saturated carbocycles. The van der Waals surface area contributed by atoms with Gasteiger partial charge in [-0.3, -0.25) is 0 Å². The van der Waals surface area contributed by atoms with Gasteiger partial charge in [-0.25, -0.2) is 8.78 Å². The Kier molecular flexibility index (Phi) is 3.53. The largest absolute Gasteiger partial charge is 0.358 e. The van der Waals surface area contributed by atoms with Crippen LogP contribution in [0.3, 0.4) is 0 Å². The smallest absolute Gasteiger partial charge is 0.291 e. The summed E-state index contributed by atoms with van der Waals surface area (Å²) in [5, 5.41) is 10.2. The van der Waals surface area contributed by atoms with E-state index in [-0.39, 0.29) is 11.0 Å². The molecule has 1 rings (SSSR count). The summed E-state index contributed by atoms with van der Waals surface area (Å²) in [6.07, 6.45) is -1.60. The van der Waals surface area contributed by atoms with Crippen molar-refractivity contribution >= 4 is 16.5 Å². The van der Waals surface area contributed by atoms with Crippen molar-refractivity contribution in [1.29, 1.82) is 0 Å². The molecule has 0 fully saturated rings. The molecule has 0 radical (unpaired) electrons. The maximum Gasteiger partial charge on any atom is 0.291 e. The lowest BCUT2D eigenvalue weighted by atomic mass is 10.3. The Morgan fingerprint density at radius 2 is 2.15 bits per heavy atom. The molecule has 0 aliphatic heterocycles. The molecule has 0 saturated heterocycles. The van der Waals surface area contributed by atoms with E-state index in [9.17, 15) is 8.78 Å². The van der Waals surface area contributed by atoms with Crippen LogP contribution in [-0.4, -0.2) is 16.2 Å². The van der Waals surface area contributed by atoms with Crippen LogP contribution in [0.15, 0.2) is 0 Å². The van der Waals surface area contributed by atoms with E-state index in [1.54, 1.807) is 0 Å². The molecule has 1 atom stereocenters. The van der Waals surface area contributed by atoms with Crippen LogP contribution in [0.5, 0.6) is 0 Å². The molecule has 1 N–H and O–H groups in total. The van der Waals surface area contributed by atoms with Gasteiger partial charge in [0, 0.05) is 6.04 Å². The van der Waals surface area contributed by atoms with Gasteiger partial charge < -0.3 is 5.32 Å². The van der Waals surface area contributed by atoms with Crippen LogP contribution in [0.2, 0.25) is 0 Å². The number of hydrogen-bond acceptors (Lipinski definition) is 4. The standard InChI is InChI=1S/C7H11F2N3S/c1-3-4(2)10-7-12-11-6(13-7)5(8)9/h4-5H,3H2,1-2H3,(H,10,12). The van der Waals surface area contributed by atoms with Gasteiger partial charge in [-0.15, -0.1) is 10.2 Å². The third-order valence-corrected chi connectivity index (χ3v) is 2.47. The van der Waals surface area contributed by atoms with Crippen molar-refractivity contribution in [2.24, 2.45) is 0 Å². The Hall–Kier alpha value is -0.780. The van der Waals surface area contributed by atoms with Gasteiger partial charge in [0.25, 0.3) is 6.43 Å². The van der Waals surface area contributed by atoms with Gasteiger partial charge in [-0.2, -0.15) is 0 Å². The van der Waals surface area contributed by atoms with Crippen molar-refractivity contribution < 1.29 is 8.78 Å². The van der Waals surface area contributed by atoms with Crippen molar-refractivity contribution in [3.63, 3.8) is 0 Å². The molecule has 6 heteroatoms. The number of nitrogens with one attached hydrogen (secondary N) is 1. The van der Waals surface area contributed by atoms with Gasteiger partial charge in [-0.1, -0.05) is 18.3 Å². The average Bonchev–Trinajstić information content (AvgIpc) is 2.52. The monoisotopic (exact) mass is 207 g/mol. The van der Waals surface area contributed by atoms with E-state index in [1.165, 1.54) is 0 Å². The van der Waals surface area contributed by atoms with Crippen LogP contribution in [0.1, 0.15) is 31.7 Å². The fourth-order valence-electron chi connectivity index (χ4n) is 0.694. The van der Waals surface area contributed by atoms with E-state index in [2.05, 4.69) is 15.5 Å². The minimum atomic E-state index is -2.52. The van der Waals surface area contributed by atoms with Crippen LogP contribution >= 0.6 is 11.3 Å². The predicted molar refractivity (Wildman–Crippen MR) is 48.2 cm³/mol. The summed E-state index contributed by atoms with van der Waals surface area (Å²) in [7, 11) is 0. The molecule has 0 bridgehead atoms. The molecule has 1 heterocycles. The SMILES string of the molecule is CCC(C)Nc1nnc(C(F)F)s1. The minimum absolute atomic E-state index is 0.231. The molecular weight excluding hydrogens is 196 g/mol. The Morgan fingerprint density at radius 1 is 1.46 bits per heavy atom. The zero-order valence-corrected chi connectivity index (χ0v) is 8.24. The fourth-order valence-corrected chi connectivity index (χ4v) is 1.40. The first-order chi connectivity index (χ1) is 6.13. The topological polar surface area (TPSA) is 37.8 Å². The highest BCUT2D eigenvalue weighted by atomic mass is 32.1. The van der Waals surface area contributed by atoms with Crippen molar-refractivity contribution in [3.05, 3.63) is 5.01 Å². The minimum Gasteiger partial charge on any atom is -0.358 e. The summed E-state index contributed by atoms with van der Waals surface area (Å²) in [6.45, 7) is 3.97. The molecule has 13 heavy (non-hydrogen) atoms. The lowest BCUT2D eigenvalue weighted by Gasteiger charge is -2.07. The van der Waals surface area contributed by atoms with Gasteiger partial charge in [0.2, 0.25) is 5.13 Å². The second-order valence-corrected chi connectivity index (χ2v) is 3.71. The summed E-state index contributed by atoms with van der Waals surface area (Å²) >= 11 is 0.901. The van der Waals surface area contributed by atoms with Crippen LogP contribution in [-0.2, 0) is 0 Å². The highest BCUT2D eigenvalue weighted by Crippen LogP contribution is 2.25. The first-order valence-corrected chi connectivity index (χ1v) is 4.83. The maximum absolute atomic E-state index is 12.1. The number of anilines is 1. The van der Waals surface area contributed by atoms with Gasteiger partial charge in [-0.05, 0) is 13.3 Å². The van der Waals surface area contributed by atoms with Gasteiger partial charge >= 0.3 is 0 Å². The quantitative estimate of drug-likeness (QED) is 0.824. The summed E-state index contributed by atoms with van der Waals surface area (Å²) in [4.78, 5) is 0. The van der Waals surface area contributed by atoms with Crippen LogP contribution in [0.25, 0.3) is 0 Å². The third-order valence-electron chi connectivity index (χ3n) is 1.61. The fraction of sp³-hybridized carbons (Fsp3) is 0.714. The molecular formula is C7H11F2N3S. The van der Waals surface area contributed by atoms with E-state index in [0.717, 1.165) is 17.8 Å². The number of halogens is 2. The normalized spacial score (nSPS) is 13.3. The zero-order valence-electron chi connectivity index (χ0n) is 7.42. The molecule has 1 unspecified atom stereocenters. The first kappa shape index (κ1) is 10.3. The number of hydrogen-bond donors (Lipinski definition) is 1. The van der Waals surface area contributed by atoms with E-state index in [0.29, 0.717) is 5.13 Å². The second kappa shape index (κ2) is 4.45. The summed E-state index contributed by atoms with van der Waals surface area (Å²) in [5.41, 5.74) is 0. The highest BCUT2D eigenvalue weighted by molar-refractivity contribution is 7.15. The Labute approximate surface area is 79.2 Å². The van der Waals surface area contributed by atoms with Crippen LogP contribution in [0, 0.1) is 0 Å². The van der Waals surface area contributed by atoms with Gasteiger partial charge in [0.05, 0.1) is 0 Å². The van der Waals surface area contributed by atoms with Crippen molar-refractivity contribution in [1.82, 2.24) is 10.2 Å².